The first-order valence-electron chi connectivity index (χ1n) is 10.9. The summed E-state index contributed by atoms with van der Waals surface area (Å²) in [5.74, 6) is 0.848. The number of hydrogen-bond donors (Lipinski definition) is 1. The van der Waals surface area contributed by atoms with Gasteiger partial charge in [-0.1, -0.05) is 25.1 Å². The molecule has 1 N–H and O–H groups in total. The van der Waals surface area contributed by atoms with E-state index in [0.717, 1.165) is 51.5 Å². The Hall–Kier alpha value is -0.910. The van der Waals surface area contributed by atoms with Gasteiger partial charge >= 0.3 is 0 Å². The number of likely N-dealkylation sites (tertiary alicyclic amines) is 1. The SMILES string of the molecule is CCN=C(NC(CC)CS(=O)(=O)c1ccccc1)N1CCC(OCCCOC)CC1.I. The number of aliphatic imine (C=N–C) groups is 1. The van der Waals surface area contributed by atoms with Gasteiger partial charge in [0, 0.05) is 46.0 Å². The average Bonchev–Trinajstić information content (AvgIpc) is 2.77. The third-order valence-corrected chi connectivity index (χ3v) is 7.08. The maximum Gasteiger partial charge on any atom is 0.194 e. The monoisotopic (exact) mass is 567 g/mol. The summed E-state index contributed by atoms with van der Waals surface area (Å²) in [4.78, 5) is 7.21. The van der Waals surface area contributed by atoms with Gasteiger partial charge in [0.25, 0.3) is 0 Å². The van der Waals surface area contributed by atoms with Crippen molar-refractivity contribution in [3.63, 3.8) is 0 Å². The van der Waals surface area contributed by atoms with E-state index in [0.29, 0.717) is 17.9 Å². The van der Waals surface area contributed by atoms with Crippen LogP contribution in [0.5, 0.6) is 0 Å². The molecule has 1 unspecified atom stereocenters. The number of sulfone groups is 1. The summed E-state index contributed by atoms with van der Waals surface area (Å²) in [6, 6.07) is 8.45. The van der Waals surface area contributed by atoms with E-state index in [4.69, 9.17) is 9.47 Å². The summed E-state index contributed by atoms with van der Waals surface area (Å²) in [5, 5.41) is 3.41. The highest BCUT2D eigenvalue weighted by Crippen LogP contribution is 2.16. The molecule has 1 heterocycles. The number of nitrogens with zero attached hydrogens (tertiary/aromatic N) is 2. The largest absolute Gasteiger partial charge is 0.385 e. The van der Waals surface area contributed by atoms with Gasteiger partial charge in [0.2, 0.25) is 0 Å². The lowest BCUT2D eigenvalue weighted by atomic mass is 10.1. The van der Waals surface area contributed by atoms with Gasteiger partial charge in [0.15, 0.2) is 15.8 Å². The first-order valence-corrected chi connectivity index (χ1v) is 12.6. The zero-order valence-corrected chi connectivity index (χ0v) is 22.1. The van der Waals surface area contributed by atoms with Gasteiger partial charge in [-0.05, 0) is 44.7 Å². The topological polar surface area (TPSA) is 80.2 Å². The minimum Gasteiger partial charge on any atom is -0.385 e. The average molecular weight is 568 g/mol. The van der Waals surface area contributed by atoms with Crippen LogP contribution in [0.25, 0.3) is 0 Å². The van der Waals surface area contributed by atoms with E-state index in [2.05, 4.69) is 15.2 Å². The molecule has 178 valence electrons. The highest BCUT2D eigenvalue weighted by molar-refractivity contribution is 14.0. The number of piperidine rings is 1. The molecule has 1 aliphatic rings. The standard InChI is InChI=1S/C22H37N3O4S.HI/c1-4-19(18-30(26,27)21-10-7-6-8-11-21)24-22(23-5-2)25-14-12-20(13-15-25)29-17-9-16-28-3;/h6-8,10-11,19-20H,4-5,9,12-18H2,1-3H3,(H,23,24);1H. The molecular formula is C22H38IN3O4S. The zero-order chi connectivity index (χ0) is 21.8. The predicted molar refractivity (Wildman–Crippen MR) is 136 cm³/mol. The summed E-state index contributed by atoms with van der Waals surface area (Å²) in [6.45, 7) is 7.79. The van der Waals surface area contributed by atoms with Crippen molar-refractivity contribution in [2.45, 2.75) is 56.6 Å². The minimum absolute atomic E-state index is 0. The van der Waals surface area contributed by atoms with Gasteiger partial charge in [-0.25, -0.2) is 8.42 Å². The van der Waals surface area contributed by atoms with E-state index < -0.39 is 9.84 Å². The number of hydrogen-bond acceptors (Lipinski definition) is 5. The number of methoxy groups -OCH3 is 1. The van der Waals surface area contributed by atoms with Crippen molar-refractivity contribution in [3.05, 3.63) is 30.3 Å². The maximum atomic E-state index is 12.8. The maximum absolute atomic E-state index is 12.8. The van der Waals surface area contributed by atoms with Gasteiger partial charge in [-0.15, -0.1) is 24.0 Å². The Morgan fingerprint density at radius 2 is 1.87 bits per heavy atom. The summed E-state index contributed by atoms with van der Waals surface area (Å²) in [7, 11) is -1.65. The molecule has 0 aromatic heterocycles. The second-order valence-corrected chi connectivity index (χ2v) is 9.58. The number of halogens is 1. The van der Waals surface area contributed by atoms with Gasteiger partial charge in [-0.3, -0.25) is 4.99 Å². The van der Waals surface area contributed by atoms with Crippen LogP contribution in [-0.4, -0.2) is 77.1 Å². The number of guanidine groups is 1. The summed E-state index contributed by atoms with van der Waals surface area (Å²) in [6.07, 6.45) is 3.76. The van der Waals surface area contributed by atoms with Crippen molar-refractivity contribution in [1.82, 2.24) is 10.2 Å². The van der Waals surface area contributed by atoms with Crippen molar-refractivity contribution < 1.29 is 17.9 Å². The van der Waals surface area contributed by atoms with E-state index in [1.165, 1.54) is 0 Å². The molecule has 9 heteroatoms. The molecule has 2 rings (SSSR count). The number of rotatable bonds is 11. The van der Waals surface area contributed by atoms with Crippen LogP contribution >= 0.6 is 24.0 Å². The second kappa shape index (κ2) is 15.0. The van der Waals surface area contributed by atoms with Crippen LogP contribution in [-0.2, 0) is 19.3 Å². The lowest BCUT2D eigenvalue weighted by molar-refractivity contribution is 0.00983. The lowest BCUT2D eigenvalue weighted by Crippen LogP contribution is -2.51. The Bertz CT molecular complexity index is 738. The molecule has 0 saturated carbocycles. The molecule has 0 aliphatic carbocycles. The van der Waals surface area contributed by atoms with Crippen LogP contribution in [0, 0.1) is 0 Å². The summed E-state index contributed by atoms with van der Waals surface area (Å²) >= 11 is 0. The van der Waals surface area contributed by atoms with Crippen molar-refractivity contribution in [2.75, 3.05) is 45.7 Å². The van der Waals surface area contributed by atoms with Crippen LogP contribution < -0.4 is 5.32 Å². The van der Waals surface area contributed by atoms with Crippen molar-refractivity contribution in [3.8, 4) is 0 Å². The predicted octanol–water partition coefficient (Wildman–Crippen LogP) is 3.34. The molecule has 31 heavy (non-hydrogen) atoms. The van der Waals surface area contributed by atoms with E-state index in [9.17, 15) is 8.42 Å². The molecule has 1 fully saturated rings. The molecule has 1 aromatic carbocycles. The third kappa shape index (κ3) is 9.63. The van der Waals surface area contributed by atoms with Crippen LogP contribution in [0.3, 0.4) is 0 Å². The summed E-state index contributed by atoms with van der Waals surface area (Å²) in [5.41, 5.74) is 0. The van der Waals surface area contributed by atoms with Crippen LogP contribution in [0.1, 0.15) is 39.5 Å². The van der Waals surface area contributed by atoms with Crippen molar-refractivity contribution in [2.24, 2.45) is 4.99 Å². The molecule has 1 saturated heterocycles. The van der Waals surface area contributed by atoms with E-state index in [-0.39, 0.29) is 41.9 Å². The number of benzene rings is 1. The number of ether oxygens (including phenoxy) is 2. The second-order valence-electron chi connectivity index (χ2n) is 7.55. The van der Waals surface area contributed by atoms with Gasteiger partial charge in [0.1, 0.15) is 0 Å². The smallest absolute Gasteiger partial charge is 0.194 e. The molecule has 0 amide bonds. The van der Waals surface area contributed by atoms with Gasteiger partial charge in [0.05, 0.1) is 16.8 Å². The van der Waals surface area contributed by atoms with Crippen molar-refractivity contribution in [1.29, 1.82) is 0 Å². The third-order valence-electron chi connectivity index (χ3n) is 5.24. The molecule has 0 bridgehead atoms. The molecule has 1 aliphatic heterocycles. The Balaban J connectivity index is 0.00000480. The first kappa shape index (κ1) is 28.1. The molecular weight excluding hydrogens is 529 g/mol. The highest BCUT2D eigenvalue weighted by Gasteiger charge is 2.25. The lowest BCUT2D eigenvalue weighted by Gasteiger charge is -2.35. The Morgan fingerprint density at radius 3 is 2.45 bits per heavy atom. The fourth-order valence-electron chi connectivity index (χ4n) is 3.51. The Labute approximate surface area is 204 Å². The van der Waals surface area contributed by atoms with Crippen molar-refractivity contribution >= 4 is 39.8 Å². The molecule has 1 aromatic rings. The Morgan fingerprint density at radius 1 is 1.19 bits per heavy atom. The Kier molecular flexibility index (Phi) is 13.6. The van der Waals surface area contributed by atoms with Gasteiger partial charge < -0.3 is 19.7 Å². The fraction of sp³-hybridized carbons (Fsp3) is 0.682. The fourth-order valence-corrected chi connectivity index (χ4v) is 5.12. The number of nitrogens with one attached hydrogen (secondary N) is 1. The summed E-state index contributed by atoms with van der Waals surface area (Å²) < 4.78 is 36.6. The molecule has 7 nitrogen and oxygen atoms in total. The molecule has 0 radical (unpaired) electrons. The van der Waals surface area contributed by atoms with Crippen LogP contribution in [0.15, 0.2) is 40.2 Å². The van der Waals surface area contributed by atoms with Gasteiger partial charge in [-0.2, -0.15) is 0 Å². The van der Waals surface area contributed by atoms with E-state index >= 15 is 0 Å². The normalized spacial score (nSPS) is 16.6. The van der Waals surface area contributed by atoms with E-state index in [1.807, 2.05) is 19.9 Å². The zero-order valence-electron chi connectivity index (χ0n) is 19.0. The quantitative estimate of drug-likeness (QED) is 0.191. The molecule has 1 atom stereocenters. The van der Waals surface area contributed by atoms with Crippen LogP contribution in [0.4, 0.5) is 0 Å². The van der Waals surface area contributed by atoms with E-state index in [1.54, 1.807) is 31.4 Å². The highest BCUT2D eigenvalue weighted by atomic mass is 127. The van der Waals surface area contributed by atoms with Crippen LogP contribution in [0.2, 0.25) is 0 Å². The first-order chi connectivity index (χ1) is 14.5. The minimum atomic E-state index is -3.35. The molecule has 0 spiro atoms.